The lowest BCUT2D eigenvalue weighted by atomic mass is 9.75. The minimum absolute atomic E-state index is 0.246. The second-order valence-corrected chi connectivity index (χ2v) is 6.48. The van der Waals surface area contributed by atoms with Crippen LogP contribution in [-0.2, 0) is 0 Å². The van der Waals surface area contributed by atoms with Crippen LogP contribution in [0, 0.1) is 10.8 Å². The summed E-state index contributed by atoms with van der Waals surface area (Å²) in [5, 5.41) is 11.6. The van der Waals surface area contributed by atoms with E-state index in [1.54, 1.807) is 0 Å². The van der Waals surface area contributed by atoms with E-state index in [2.05, 4.69) is 25.7 Å². The molecule has 0 saturated carbocycles. The summed E-state index contributed by atoms with van der Waals surface area (Å²) in [6.07, 6.45) is 4.64. The first-order valence-corrected chi connectivity index (χ1v) is 7.39. The lowest BCUT2D eigenvalue weighted by Crippen LogP contribution is -2.25. The smallest absolute Gasteiger partial charge is 0.0661 e. The van der Waals surface area contributed by atoms with E-state index in [1.807, 2.05) is 31.3 Å². The minimum atomic E-state index is 0.246. The van der Waals surface area contributed by atoms with Crippen LogP contribution in [0.25, 0.3) is 6.08 Å². The Balaban J connectivity index is 2.35. The first-order valence-electron chi connectivity index (χ1n) is 7.39. The molecule has 2 rings (SSSR count). The first kappa shape index (κ1) is 15.4. The van der Waals surface area contributed by atoms with E-state index < -0.39 is 0 Å². The van der Waals surface area contributed by atoms with E-state index in [1.165, 1.54) is 0 Å². The van der Waals surface area contributed by atoms with Crippen molar-refractivity contribution in [3.63, 3.8) is 0 Å². The summed E-state index contributed by atoms with van der Waals surface area (Å²) in [7, 11) is 1.89. The Morgan fingerprint density at radius 1 is 1.43 bits per heavy atom. The van der Waals surface area contributed by atoms with Crippen molar-refractivity contribution in [2.24, 2.45) is 11.1 Å². The van der Waals surface area contributed by atoms with Gasteiger partial charge in [-0.3, -0.25) is 5.41 Å². The molecule has 21 heavy (non-hydrogen) atoms. The van der Waals surface area contributed by atoms with E-state index in [0.717, 1.165) is 47.3 Å². The van der Waals surface area contributed by atoms with Crippen molar-refractivity contribution >= 4 is 17.5 Å². The Kier molecular flexibility index (Phi) is 4.21. The largest absolute Gasteiger partial charge is 0.402 e. The number of anilines is 1. The Bertz CT molecular complexity index is 609. The molecule has 3 heteroatoms. The standard InChI is InChI=1S/C18H25N3/c1-5-12-10-13(6-7-16(12)21-4)17(20)14-8-9-18(2,3)11-15(14)19/h5-7,10,20-21H,1,8-9,11,19H2,2-4H3. The molecule has 1 aliphatic rings. The molecule has 1 aromatic carbocycles. The van der Waals surface area contributed by atoms with Crippen LogP contribution < -0.4 is 11.1 Å². The average molecular weight is 283 g/mol. The van der Waals surface area contributed by atoms with E-state index in [0.29, 0.717) is 5.71 Å². The Hall–Kier alpha value is -2.03. The first-order chi connectivity index (χ1) is 9.88. The highest BCUT2D eigenvalue weighted by molar-refractivity contribution is 6.11. The fourth-order valence-corrected chi connectivity index (χ4v) is 2.91. The maximum absolute atomic E-state index is 8.49. The molecule has 4 N–H and O–H groups in total. The molecule has 0 unspecified atom stereocenters. The van der Waals surface area contributed by atoms with Gasteiger partial charge in [-0.15, -0.1) is 0 Å². The zero-order chi connectivity index (χ0) is 15.6. The van der Waals surface area contributed by atoms with Crippen LogP contribution in [0.15, 0.2) is 36.0 Å². The van der Waals surface area contributed by atoms with Gasteiger partial charge in [-0.05, 0) is 47.9 Å². The fraction of sp³-hybridized carbons (Fsp3) is 0.389. The van der Waals surface area contributed by atoms with Crippen LogP contribution >= 0.6 is 0 Å². The molecule has 0 spiro atoms. The maximum Gasteiger partial charge on any atom is 0.0661 e. The van der Waals surface area contributed by atoms with Crippen LogP contribution in [0.1, 0.15) is 44.2 Å². The third kappa shape index (κ3) is 3.18. The van der Waals surface area contributed by atoms with Gasteiger partial charge in [-0.2, -0.15) is 0 Å². The molecule has 112 valence electrons. The van der Waals surface area contributed by atoms with Gasteiger partial charge in [-0.25, -0.2) is 0 Å². The number of nitrogens with two attached hydrogens (primary N) is 1. The van der Waals surface area contributed by atoms with Crippen molar-refractivity contribution in [3.8, 4) is 0 Å². The SMILES string of the molecule is C=Cc1cc(C(=N)C2=C(N)CC(C)(C)CC2)ccc1NC. The van der Waals surface area contributed by atoms with Gasteiger partial charge in [0, 0.05) is 24.0 Å². The summed E-state index contributed by atoms with van der Waals surface area (Å²) < 4.78 is 0. The second kappa shape index (κ2) is 5.76. The van der Waals surface area contributed by atoms with Crippen molar-refractivity contribution in [3.05, 3.63) is 47.2 Å². The molecule has 0 heterocycles. The lowest BCUT2D eigenvalue weighted by molar-refractivity contribution is 0.315. The van der Waals surface area contributed by atoms with E-state index in [9.17, 15) is 0 Å². The summed E-state index contributed by atoms with van der Waals surface area (Å²) in [5.41, 5.74) is 11.8. The number of hydrogen-bond acceptors (Lipinski definition) is 3. The van der Waals surface area contributed by atoms with Gasteiger partial charge >= 0.3 is 0 Å². The van der Waals surface area contributed by atoms with E-state index in [-0.39, 0.29) is 5.41 Å². The molecule has 0 bridgehead atoms. The molecule has 0 amide bonds. The molecule has 0 saturated heterocycles. The number of hydrogen-bond donors (Lipinski definition) is 3. The molecular weight excluding hydrogens is 258 g/mol. The van der Waals surface area contributed by atoms with Gasteiger partial charge in [-0.1, -0.05) is 32.6 Å². The van der Waals surface area contributed by atoms with E-state index >= 15 is 0 Å². The van der Waals surface area contributed by atoms with Crippen molar-refractivity contribution in [1.82, 2.24) is 0 Å². The summed E-state index contributed by atoms with van der Waals surface area (Å²) in [6, 6.07) is 5.97. The van der Waals surface area contributed by atoms with Gasteiger partial charge in [0.25, 0.3) is 0 Å². The van der Waals surface area contributed by atoms with Crippen LogP contribution in [0.3, 0.4) is 0 Å². The van der Waals surface area contributed by atoms with Gasteiger partial charge in [0.2, 0.25) is 0 Å². The fourth-order valence-electron chi connectivity index (χ4n) is 2.91. The van der Waals surface area contributed by atoms with Gasteiger partial charge < -0.3 is 11.1 Å². The average Bonchev–Trinajstić information content (AvgIpc) is 2.45. The van der Waals surface area contributed by atoms with Gasteiger partial charge in [0.15, 0.2) is 0 Å². The molecule has 1 aliphatic carbocycles. The van der Waals surface area contributed by atoms with Gasteiger partial charge in [0.1, 0.15) is 0 Å². The predicted octanol–water partition coefficient (Wildman–Crippen LogP) is 4.16. The van der Waals surface area contributed by atoms with Crippen LogP contribution in [-0.4, -0.2) is 12.8 Å². The number of rotatable bonds is 4. The molecule has 0 fully saturated rings. The van der Waals surface area contributed by atoms with Crippen molar-refractivity contribution in [2.45, 2.75) is 33.1 Å². The molecule has 0 atom stereocenters. The van der Waals surface area contributed by atoms with Crippen LogP contribution in [0.2, 0.25) is 0 Å². The highest BCUT2D eigenvalue weighted by atomic mass is 14.8. The monoisotopic (exact) mass is 283 g/mol. The summed E-state index contributed by atoms with van der Waals surface area (Å²) in [4.78, 5) is 0. The summed E-state index contributed by atoms with van der Waals surface area (Å²) in [5.74, 6) is 0. The number of allylic oxidation sites excluding steroid dienone is 2. The van der Waals surface area contributed by atoms with E-state index in [4.69, 9.17) is 11.1 Å². The number of benzene rings is 1. The normalized spacial score (nSPS) is 17.5. The molecule has 0 aromatic heterocycles. The van der Waals surface area contributed by atoms with Crippen LogP contribution in [0.4, 0.5) is 5.69 Å². The van der Waals surface area contributed by atoms with Gasteiger partial charge in [0.05, 0.1) is 5.71 Å². The number of nitrogens with one attached hydrogen (secondary N) is 2. The summed E-state index contributed by atoms with van der Waals surface area (Å²) in [6.45, 7) is 8.31. The molecule has 1 aromatic rings. The lowest BCUT2D eigenvalue weighted by Gasteiger charge is -2.32. The molecule has 0 aliphatic heterocycles. The quantitative estimate of drug-likeness (QED) is 0.726. The third-order valence-electron chi connectivity index (χ3n) is 4.24. The second-order valence-electron chi connectivity index (χ2n) is 6.48. The summed E-state index contributed by atoms with van der Waals surface area (Å²) >= 11 is 0. The molecule has 3 nitrogen and oxygen atoms in total. The Morgan fingerprint density at radius 3 is 2.71 bits per heavy atom. The van der Waals surface area contributed by atoms with Crippen LogP contribution in [0.5, 0.6) is 0 Å². The minimum Gasteiger partial charge on any atom is -0.402 e. The highest BCUT2D eigenvalue weighted by Crippen LogP contribution is 2.37. The topological polar surface area (TPSA) is 61.9 Å². The third-order valence-corrected chi connectivity index (χ3v) is 4.24. The Labute approximate surface area is 127 Å². The highest BCUT2D eigenvalue weighted by Gasteiger charge is 2.27. The molecule has 0 radical (unpaired) electrons. The molecular formula is C18H25N3. The zero-order valence-corrected chi connectivity index (χ0v) is 13.2. The van der Waals surface area contributed by atoms with Crippen molar-refractivity contribution in [1.29, 1.82) is 5.41 Å². The Morgan fingerprint density at radius 2 is 2.14 bits per heavy atom. The predicted molar refractivity (Wildman–Crippen MR) is 91.8 cm³/mol. The van der Waals surface area contributed by atoms with Crippen molar-refractivity contribution < 1.29 is 0 Å². The maximum atomic E-state index is 8.49. The van der Waals surface area contributed by atoms with Crippen molar-refractivity contribution in [2.75, 3.05) is 12.4 Å². The zero-order valence-electron chi connectivity index (χ0n) is 13.2.